The molecule has 0 aromatic heterocycles. The van der Waals surface area contributed by atoms with Gasteiger partial charge in [-0.2, -0.15) is 0 Å². The molecule has 0 saturated carbocycles. The highest BCUT2D eigenvalue weighted by Crippen LogP contribution is 2.23. The van der Waals surface area contributed by atoms with E-state index in [2.05, 4.69) is 21.2 Å². The normalized spacial score (nSPS) is 10.1. The minimum absolute atomic E-state index is 0.146. The quantitative estimate of drug-likeness (QED) is 0.789. The van der Waals surface area contributed by atoms with Gasteiger partial charge in [-0.15, -0.1) is 11.8 Å². The lowest BCUT2D eigenvalue weighted by molar-refractivity contribution is -0.113. The Kier molecular flexibility index (Phi) is 5.41. The van der Waals surface area contributed by atoms with Gasteiger partial charge < -0.3 is 10.4 Å². The fourth-order valence-corrected chi connectivity index (χ4v) is 2.76. The van der Waals surface area contributed by atoms with E-state index in [1.54, 1.807) is 24.3 Å². The number of thioether (sulfide) groups is 1. The molecule has 0 aliphatic carbocycles. The molecule has 2 N–H and O–H groups in total. The Hall–Kier alpha value is -1.79. The summed E-state index contributed by atoms with van der Waals surface area (Å²) in [7, 11) is 0. The van der Waals surface area contributed by atoms with E-state index in [9.17, 15) is 9.59 Å². The maximum atomic E-state index is 11.9. The molecule has 108 valence electrons. The van der Waals surface area contributed by atoms with E-state index in [1.807, 2.05) is 18.2 Å². The summed E-state index contributed by atoms with van der Waals surface area (Å²) in [5.74, 6) is -0.910. The lowest BCUT2D eigenvalue weighted by Gasteiger charge is -2.07. The third kappa shape index (κ3) is 4.61. The van der Waals surface area contributed by atoms with Crippen LogP contribution in [0.25, 0.3) is 0 Å². The maximum Gasteiger partial charge on any atom is 0.335 e. The van der Waals surface area contributed by atoms with Crippen molar-refractivity contribution in [3.63, 3.8) is 0 Å². The summed E-state index contributed by atoms with van der Waals surface area (Å²) < 4.78 is 0.816. The van der Waals surface area contributed by atoms with E-state index in [0.717, 1.165) is 9.37 Å². The Bertz CT molecular complexity index is 675. The highest BCUT2D eigenvalue weighted by molar-refractivity contribution is 9.10. The first kappa shape index (κ1) is 15.6. The third-order valence-electron chi connectivity index (χ3n) is 2.60. The van der Waals surface area contributed by atoms with Crippen LogP contribution in [-0.4, -0.2) is 22.7 Å². The van der Waals surface area contributed by atoms with E-state index in [0.29, 0.717) is 5.69 Å². The number of para-hydroxylation sites is 1. The second-order valence-electron chi connectivity index (χ2n) is 4.15. The summed E-state index contributed by atoms with van der Waals surface area (Å²) in [6.07, 6.45) is 0. The number of amides is 1. The number of hydrogen-bond acceptors (Lipinski definition) is 3. The number of hydrogen-bond donors (Lipinski definition) is 2. The number of carbonyl (C=O) groups excluding carboxylic acids is 1. The number of nitrogens with one attached hydrogen (secondary N) is 1. The van der Waals surface area contributed by atoms with Crippen LogP contribution in [0.3, 0.4) is 0 Å². The van der Waals surface area contributed by atoms with Gasteiger partial charge in [0.15, 0.2) is 0 Å². The molecular formula is C15H12BrNO3S. The first-order chi connectivity index (χ1) is 10.1. The van der Waals surface area contributed by atoms with Gasteiger partial charge in [0.1, 0.15) is 0 Å². The average Bonchev–Trinajstić information content (AvgIpc) is 2.48. The van der Waals surface area contributed by atoms with Gasteiger partial charge in [-0.3, -0.25) is 4.79 Å². The van der Waals surface area contributed by atoms with Crippen LogP contribution in [0.4, 0.5) is 5.69 Å². The van der Waals surface area contributed by atoms with Gasteiger partial charge in [0.25, 0.3) is 0 Å². The Morgan fingerprint density at radius 3 is 2.62 bits per heavy atom. The van der Waals surface area contributed by atoms with Crippen molar-refractivity contribution in [1.82, 2.24) is 0 Å². The number of aromatic carboxylic acids is 1. The molecule has 0 spiro atoms. The highest BCUT2D eigenvalue weighted by Gasteiger charge is 2.08. The molecule has 0 unspecified atom stereocenters. The molecular weight excluding hydrogens is 354 g/mol. The summed E-state index contributed by atoms with van der Waals surface area (Å²) in [5, 5.41) is 11.7. The van der Waals surface area contributed by atoms with Crippen molar-refractivity contribution in [2.24, 2.45) is 0 Å². The lowest BCUT2D eigenvalue weighted by atomic mass is 10.2. The Labute approximate surface area is 134 Å². The molecule has 0 aliphatic heterocycles. The van der Waals surface area contributed by atoms with Crippen LogP contribution in [-0.2, 0) is 4.79 Å². The van der Waals surface area contributed by atoms with Gasteiger partial charge in [-0.05, 0) is 46.3 Å². The van der Waals surface area contributed by atoms with Crippen LogP contribution in [0.1, 0.15) is 10.4 Å². The second-order valence-corrected chi connectivity index (χ2v) is 6.05. The molecule has 4 nitrogen and oxygen atoms in total. The molecule has 0 bridgehead atoms. The van der Waals surface area contributed by atoms with Crippen LogP contribution in [0.2, 0.25) is 0 Å². The molecule has 1 amide bonds. The smallest absolute Gasteiger partial charge is 0.335 e. The molecule has 2 aromatic rings. The van der Waals surface area contributed by atoms with Crippen molar-refractivity contribution in [2.45, 2.75) is 4.90 Å². The van der Waals surface area contributed by atoms with Gasteiger partial charge in [0, 0.05) is 9.37 Å². The van der Waals surface area contributed by atoms with E-state index < -0.39 is 5.97 Å². The monoisotopic (exact) mass is 365 g/mol. The number of anilines is 1. The minimum Gasteiger partial charge on any atom is -0.478 e. The highest BCUT2D eigenvalue weighted by atomic mass is 79.9. The van der Waals surface area contributed by atoms with E-state index >= 15 is 0 Å². The van der Waals surface area contributed by atoms with Crippen molar-refractivity contribution in [3.05, 3.63) is 58.6 Å². The van der Waals surface area contributed by atoms with Crippen LogP contribution in [0, 0.1) is 0 Å². The summed E-state index contributed by atoms with van der Waals surface area (Å²) in [6.45, 7) is 0. The fourth-order valence-electron chi connectivity index (χ4n) is 1.62. The summed E-state index contributed by atoms with van der Waals surface area (Å²) >= 11 is 4.65. The first-order valence-corrected chi connectivity index (χ1v) is 7.84. The molecule has 6 heteroatoms. The predicted octanol–water partition coefficient (Wildman–Crippen LogP) is 3.88. The van der Waals surface area contributed by atoms with Gasteiger partial charge in [0.05, 0.1) is 17.0 Å². The van der Waals surface area contributed by atoms with Crippen LogP contribution in [0.5, 0.6) is 0 Å². The van der Waals surface area contributed by atoms with Crippen molar-refractivity contribution in [2.75, 3.05) is 11.1 Å². The van der Waals surface area contributed by atoms with Crippen molar-refractivity contribution in [3.8, 4) is 0 Å². The molecule has 0 fully saturated rings. The van der Waals surface area contributed by atoms with Gasteiger partial charge in [-0.25, -0.2) is 4.79 Å². The fraction of sp³-hybridized carbons (Fsp3) is 0.0667. The van der Waals surface area contributed by atoms with Crippen molar-refractivity contribution < 1.29 is 14.7 Å². The largest absolute Gasteiger partial charge is 0.478 e. The Morgan fingerprint density at radius 1 is 1.14 bits per heavy atom. The molecule has 0 atom stereocenters. The summed E-state index contributed by atoms with van der Waals surface area (Å²) in [5.41, 5.74) is 0.925. The zero-order valence-corrected chi connectivity index (χ0v) is 13.3. The summed E-state index contributed by atoms with van der Waals surface area (Å²) in [6, 6.07) is 13.9. The van der Waals surface area contributed by atoms with Crippen LogP contribution >= 0.6 is 27.7 Å². The first-order valence-electron chi connectivity index (χ1n) is 6.07. The molecule has 2 rings (SSSR count). The third-order valence-corrected chi connectivity index (χ3v) is 4.28. The summed E-state index contributed by atoms with van der Waals surface area (Å²) in [4.78, 5) is 23.5. The van der Waals surface area contributed by atoms with Crippen molar-refractivity contribution >= 4 is 45.3 Å². The number of benzene rings is 2. The Morgan fingerprint density at radius 2 is 1.90 bits per heavy atom. The minimum atomic E-state index is -0.977. The van der Waals surface area contributed by atoms with Crippen LogP contribution < -0.4 is 5.32 Å². The van der Waals surface area contributed by atoms with Gasteiger partial charge >= 0.3 is 5.97 Å². The number of halogens is 1. The number of carboxylic acids is 1. The zero-order valence-electron chi connectivity index (χ0n) is 10.9. The van der Waals surface area contributed by atoms with E-state index in [4.69, 9.17) is 5.11 Å². The maximum absolute atomic E-state index is 11.9. The zero-order chi connectivity index (χ0) is 15.2. The SMILES string of the molecule is O=C(CSc1cccc(C(=O)O)c1)Nc1ccccc1Br. The molecule has 21 heavy (non-hydrogen) atoms. The molecule has 0 radical (unpaired) electrons. The standard InChI is InChI=1S/C15H12BrNO3S/c16-12-6-1-2-7-13(12)17-14(18)9-21-11-5-3-4-10(8-11)15(19)20/h1-8H,9H2,(H,17,18)(H,19,20). The molecule has 2 aromatic carbocycles. The van der Waals surface area contributed by atoms with Crippen LogP contribution in [0.15, 0.2) is 57.9 Å². The van der Waals surface area contributed by atoms with E-state index in [-0.39, 0.29) is 17.2 Å². The lowest BCUT2D eigenvalue weighted by Crippen LogP contribution is -2.14. The van der Waals surface area contributed by atoms with Crippen molar-refractivity contribution in [1.29, 1.82) is 0 Å². The average molecular weight is 366 g/mol. The second kappa shape index (κ2) is 7.28. The predicted molar refractivity (Wildman–Crippen MR) is 86.9 cm³/mol. The molecule has 0 aliphatic rings. The number of carbonyl (C=O) groups is 2. The molecule has 0 saturated heterocycles. The Balaban J connectivity index is 1.94. The van der Waals surface area contributed by atoms with E-state index in [1.165, 1.54) is 17.8 Å². The molecule has 0 heterocycles. The number of carboxylic acid groups (broad SMARTS) is 1. The van der Waals surface area contributed by atoms with Gasteiger partial charge in [-0.1, -0.05) is 18.2 Å². The topological polar surface area (TPSA) is 66.4 Å². The number of rotatable bonds is 5. The van der Waals surface area contributed by atoms with Gasteiger partial charge in [0.2, 0.25) is 5.91 Å².